The third kappa shape index (κ3) is 0.991. The van der Waals surface area contributed by atoms with Gasteiger partial charge in [0, 0.05) is 18.6 Å². The van der Waals surface area contributed by atoms with Gasteiger partial charge in [-0.25, -0.2) is 9.97 Å². The van der Waals surface area contributed by atoms with E-state index >= 15 is 0 Å². The average molecular weight is 164 g/mol. The maximum atomic E-state index is 4.16. The second-order valence-electron chi connectivity index (χ2n) is 2.04. The molecule has 0 atom stereocenters. The molecule has 2 rings (SSSR count). The van der Waals surface area contributed by atoms with E-state index < -0.39 is 0 Å². The number of thioether (sulfide) groups is 1. The van der Waals surface area contributed by atoms with Crippen LogP contribution in [0.4, 0.5) is 0 Å². The first-order valence-corrected chi connectivity index (χ1v) is 4.38. The van der Waals surface area contributed by atoms with E-state index in [1.165, 1.54) is 0 Å². The van der Waals surface area contributed by atoms with Gasteiger partial charge in [0.15, 0.2) is 5.65 Å². The van der Waals surface area contributed by atoms with Crippen molar-refractivity contribution in [2.24, 2.45) is 0 Å². The lowest BCUT2D eigenvalue weighted by Crippen LogP contribution is -1.87. The molecule has 0 amide bonds. The highest BCUT2D eigenvalue weighted by Gasteiger charge is 2.00. The van der Waals surface area contributed by atoms with Gasteiger partial charge in [0.2, 0.25) is 0 Å². The Bertz CT molecular complexity index is 368. The largest absolute Gasteiger partial charge is 0.303 e. The van der Waals surface area contributed by atoms with Crippen molar-refractivity contribution in [3.63, 3.8) is 0 Å². The number of nitrogens with zero attached hydrogens (tertiary/aromatic N) is 3. The lowest BCUT2D eigenvalue weighted by molar-refractivity contribution is 1.04. The summed E-state index contributed by atoms with van der Waals surface area (Å²) in [6, 6.07) is 0. The van der Waals surface area contributed by atoms with Gasteiger partial charge in [-0.05, 0) is 6.26 Å². The molecule has 0 aliphatic heterocycles. The van der Waals surface area contributed by atoms with Crippen LogP contribution in [0.15, 0.2) is 23.6 Å². The standard InChI is InChI=1S/C7H6N3S/c1-11-7-6-8-2-4-10(6)5-3-9-7/h3-5H,1H3. The lowest BCUT2D eigenvalue weighted by atomic mass is 10.7. The second-order valence-corrected chi connectivity index (χ2v) is 2.83. The van der Waals surface area contributed by atoms with Crippen LogP contribution in [0.2, 0.25) is 0 Å². The van der Waals surface area contributed by atoms with Crippen LogP contribution >= 0.6 is 11.8 Å². The van der Waals surface area contributed by atoms with Crippen molar-refractivity contribution in [1.82, 2.24) is 14.4 Å². The van der Waals surface area contributed by atoms with E-state index in [1.54, 1.807) is 24.2 Å². The molecule has 1 radical (unpaired) electrons. The second kappa shape index (κ2) is 2.54. The Morgan fingerprint density at radius 1 is 1.64 bits per heavy atom. The van der Waals surface area contributed by atoms with E-state index in [-0.39, 0.29) is 0 Å². The Morgan fingerprint density at radius 2 is 2.55 bits per heavy atom. The van der Waals surface area contributed by atoms with Gasteiger partial charge >= 0.3 is 0 Å². The monoisotopic (exact) mass is 164 g/mol. The summed E-state index contributed by atoms with van der Waals surface area (Å²) >= 11 is 1.59. The van der Waals surface area contributed by atoms with Crippen LogP contribution < -0.4 is 0 Å². The zero-order valence-electron chi connectivity index (χ0n) is 5.98. The van der Waals surface area contributed by atoms with E-state index in [4.69, 9.17) is 0 Å². The highest BCUT2D eigenvalue weighted by atomic mass is 32.2. The fraction of sp³-hybridized carbons (Fsp3) is 0.143. The van der Waals surface area contributed by atoms with Crippen molar-refractivity contribution in [3.05, 3.63) is 24.8 Å². The number of rotatable bonds is 1. The molecule has 0 aliphatic rings. The summed E-state index contributed by atoms with van der Waals surface area (Å²) in [6.07, 6.45) is 10.2. The average Bonchev–Trinajstić information content (AvgIpc) is 2.50. The summed E-state index contributed by atoms with van der Waals surface area (Å²) in [4.78, 5) is 8.20. The normalized spacial score (nSPS) is 10.6. The molecule has 11 heavy (non-hydrogen) atoms. The van der Waals surface area contributed by atoms with Crippen molar-refractivity contribution >= 4 is 17.4 Å². The molecule has 3 nitrogen and oxygen atoms in total. The van der Waals surface area contributed by atoms with Gasteiger partial charge in [0.05, 0.1) is 0 Å². The molecule has 0 unspecified atom stereocenters. The first-order valence-electron chi connectivity index (χ1n) is 3.15. The number of aromatic nitrogens is 3. The molecule has 0 spiro atoms. The highest BCUT2D eigenvalue weighted by molar-refractivity contribution is 7.98. The minimum Gasteiger partial charge on any atom is -0.303 e. The van der Waals surface area contributed by atoms with Gasteiger partial charge in [-0.3, -0.25) is 0 Å². The summed E-state index contributed by atoms with van der Waals surface area (Å²) in [5.41, 5.74) is 0.875. The smallest absolute Gasteiger partial charge is 0.170 e. The molecule has 0 bridgehead atoms. The number of hydrogen-bond donors (Lipinski definition) is 0. The molecular weight excluding hydrogens is 158 g/mol. The molecule has 2 heterocycles. The summed E-state index contributed by atoms with van der Waals surface area (Å²) in [5.74, 6) is 0. The van der Waals surface area contributed by atoms with Crippen LogP contribution in [-0.4, -0.2) is 20.6 Å². The SMILES string of the molecule is CSc1nccn2c[c]nc12. The predicted molar refractivity (Wildman–Crippen MR) is 43.6 cm³/mol. The summed E-state index contributed by atoms with van der Waals surface area (Å²) in [5, 5.41) is 0.939. The molecule has 0 saturated carbocycles. The number of fused-ring (bicyclic) bond motifs is 1. The molecule has 0 aromatic carbocycles. The Kier molecular flexibility index (Phi) is 1.54. The highest BCUT2D eigenvalue weighted by Crippen LogP contribution is 2.15. The van der Waals surface area contributed by atoms with E-state index in [0.717, 1.165) is 10.7 Å². The van der Waals surface area contributed by atoms with Crippen molar-refractivity contribution in [3.8, 4) is 0 Å². The third-order valence-electron chi connectivity index (χ3n) is 1.42. The molecule has 0 N–H and O–H groups in total. The molecule has 2 aromatic rings. The topological polar surface area (TPSA) is 30.2 Å². The van der Waals surface area contributed by atoms with Crippen molar-refractivity contribution < 1.29 is 0 Å². The molecule has 0 aliphatic carbocycles. The minimum atomic E-state index is 0.875. The van der Waals surface area contributed by atoms with Crippen molar-refractivity contribution in [2.45, 2.75) is 5.03 Å². The number of imidazole rings is 1. The maximum absolute atomic E-state index is 4.16. The van der Waals surface area contributed by atoms with E-state index in [9.17, 15) is 0 Å². The van der Waals surface area contributed by atoms with Gasteiger partial charge in [0.1, 0.15) is 11.2 Å². The lowest BCUT2D eigenvalue weighted by Gasteiger charge is -1.96. The van der Waals surface area contributed by atoms with E-state index in [1.807, 2.05) is 16.9 Å². The van der Waals surface area contributed by atoms with E-state index in [0.29, 0.717) is 0 Å². The van der Waals surface area contributed by atoms with Crippen LogP contribution in [0.1, 0.15) is 0 Å². The Morgan fingerprint density at radius 3 is 3.36 bits per heavy atom. The van der Waals surface area contributed by atoms with Crippen LogP contribution in [0, 0.1) is 6.20 Å². The summed E-state index contributed by atoms with van der Waals surface area (Å²) < 4.78 is 1.90. The van der Waals surface area contributed by atoms with Crippen molar-refractivity contribution in [1.29, 1.82) is 0 Å². The van der Waals surface area contributed by atoms with E-state index in [2.05, 4.69) is 16.2 Å². The summed E-state index contributed by atoms with van der Waals surface area (Å²) in [6.45, 7) is 0. The third-order valence-corrected chi connectivity index (χ3v) is 2.09. The van der Waals surface area contributed by atoms with Gasteiger partial charge in [-0.1, -0.05) is 0 Å². The predicted octanol–water partition coefficient (Wildman–Crippen LogP) is 1.25. The first kappa shape index (κ1) is 6.67. The van der Waals surface area contributed by atoms with Gasteiger partial charge in [-0.2, -0.15) is 0 Å². The van der Waals surface area contributed by atoms with Crippen molar-refractivity contribution in [2.75, 3.05) is 6.26 Å². The molecule has 0 saturated heterocycles. The molecular formula is C7H6N3S. The Labute approximate surface area is 68.5 Å². The van der Waals surface area contributed by atoms with Gasteiger partial charge < -0.3 is 4.40 Å². The van der Waals surface area contributed by atoms with Crippen LogP contribution in [0.3, 0.4) is 0 Å². The summed E-state index contributed by atoms with van der Waals surface area (Å²) in [7, 11) is 0. The maximum Gasteiger partial charge on any atom is 0.170 e. The molecule has 2 aromatic heterocycles. The minimum absolute atomic E-state index is 0.875. The fourth-order valence-corrected chi connectivity index (χ4v) is 1.42. The molecule has 55 valence electrons. The van der Waals surface area contributed by atoms with Crippen LogP contribution in [0.25, 0.3) is 5.65 Å². The Hall–Kier alpha value is -1.03. The molecule has 0 fully saturated rings. The van der Waals surface area contributed by atoms with Crippen LogP contribution in [-0.2, 0) is 0 Å². The first-order chi connectivity index (χ1) is 5.42. The van der Waals surface area contributed by atoms with Crippen LogP contribution in [0.5, 0.6) is 0 Å². The number of hydrogen-bond acceptors (Lipinski definition) is 3. The fourth-order valence-electron chi connectivity index (χ4n) is 0.918. The molecule has 4 heteroatoms. The van der Waals surface area contributed by atoms with Gasteiger partial charge in [0.25, 0.3) is 0 Å². The van der Waals surface area contributed by atoms with Gasteiger partial charge in [-0.15, -0.1) is 11.8 Å². The Balaban J connectivity index is 2.79. The zero-order chi connectivity index (χ0) is 7.68. The zero-order valence-corrected chi connectivity index (χ0v) is 6.80. The quantitative estimate of drug-likeness (QED) is 0.594.